The second-order valence-corrected chi connectivity index (χ2v) is 5.00. The van der Waals surface area contributed by atoms with Gasteiger partial charge in [0, 0.05) is 13.1 Å². The molecule has 3 heteroatoms. The van der Waals surface area contributed by atoms with Gasteiger partial charge in [0.15, 0.2) is 0 Å². The van der Waals surface area contributed by atoms with E-state index in [2.05, 4.69) is 5.32 Å². The van der Waals surface area contributed by atoms with E-state index in [1.807, 2.05) is 19.1 Å². The SMILES string of the molecule is CCC(C)(O)CNCc1cc(C)c(F)c(C)c1. The predicted molar refractivity (Wildman–Crippen MR) is 68.5 cm³/mol. The van der Waals surface area contributed by atoms with Crippen molar-refractivity contribution < 1.29 is 9.50 Å². The molecular weight excluding hydrogens is 217 g/mol. The fraction of sp³-hybridized carbons (Fsp3) is 0.571. The van der Waals surface area contributed by atoms with Gasteiger partial charge in [-0.15, -0.1) is 0 Å². The van der Waals surface area contributed by atoms with Gasteiger partial charge in [-0.25, -0.2) is 4.39 Å². The molecule has 0 fully saturated rings. The van der Waals surface area contributed by atoms with Crippen LogP contribution in [-0.2, 0) is 6.54 Å². The maximum atomic E-state index is 13.4. The molecule has 0 amide bonds. The zero-order chi connectivity index (χ0) is 13.1. The Balaban J connectivity index is 2.59. The van der Waals surface area contributed by atoms with Crippen molar-refractivity contribution in [2.75, 3.05) is 6.54 Å². The zero-order valence-corrected chi connectivity index (χ0v) is 11.1. The molecule has 0 aliphatic rings. The number of hydrogen-bond acceptors (Lipinski definition) is 2. The first-order valence-corrected chi connectivity index (χ1v) is 6.04. The Labute approximate surface area is 103 Å². The van der Waals surface area contributed by atoms with Crippen LogP contribution in [0.1, 0.15) is 37.0 Å². The van der Waals surface area contributed by atoms with E-state index in [0.717, 1.165) is 5.56 Å². The number of nitrogens with one attached hydrogen (secondary N) is 1. The molecule has 2 N–H and O–H groups in total. The summed E-state index contributed by atoms with van der Waals surface area (Å²) in [7, 11) is 0. The first-order chi connectivity index (χ1) is 7.85. The van der Waals surface area contributed by atoms with E-state index in [1.54, 1.807) is 20.8 Å². The van der Waals surface area contributed by atoms with Gasteiger partial charge < -0.3 is 10.4 Å². The van der Waals surface area contributed by atoms with Crippen LogP contribution in [-0.4, -0.2) is 17.3 Å². The molecule has 0 radical (unpaired) electrons. The molecule has 2 nitrogen and oxygen atoms in total. The topological polar surface area (TPSA) is 32.3 Å². The molecule has 0 saturated carbocycles. The van der Waals surface area contributed by atoms with Crippen LogP contribution in [0.3, 0.4) is 0 Å². The lowest BCUT2D eigenvalue weighted by molar-refractivity contribution is 0.0555. The van der Waals surface area contributed by atoms with Crippen LogP contribution < -0.4 is 5.32 Å². The van der Waals surface area contributed by atoms with E-state index in [4.69, 9.17) is 0 Å². The third-order valence-electron chi connectivity index (χ3n) is 3.09. The Morgan fingerprint density at radius 1 is 1.29 bits per heavy atom. The van der Waals surface area contributed by atoms with E-state index in [-0.39, 0.29) is 5.82 Å². The monoisotopic (exact) mass is 239 g/mol. The van der Waals surface area contributed by atoms with Gasteiger partial charge in [-0.2, -0.15) is 0 Å². The molecule has 1 rings (SSSR count). The maximum absolute atomic E-state index is 13.4. The highest BCUT2D eigenvalue weighted by atomic mass is 19.1. The Morgan fingerprint density at radius 3 is 2.29 bits per heavy atom. The van der Waals surface area contributed by atoms with Crippen LogP contribution in [0.25, 0.3) is 0 Å². The van der Waals surface area contributed by atoms with Crippen LogP contribution >= 0.6 is 0 Å². The van der Waals surface area contributed by atoms with Crippen molar-refractivity contribution in [3.8, 4) is 0 Å². The maximum Gasteiger partial charge on any atom is 0.129 e. The highest BCUT2D eigenvalue weighted by Crippen LogP contribution is 2.15. The van der Waals surface area contributed by atoms with Crippen LogP contribution in [0.5, 0.6) is 0 Å². The second kappa shape index (κ2) is 5.61. The molecule has 0 saturated heterocycles. The van der Waals surface area contributed by atoms with Gasteiger partial charge in [0.25, 0.3) is 0 Å². The summed E-state index contributed by atoms with van der Waals surface area (Å²) in [4.78, 5) is 0. The molecule has 0 aliphatic heterocycles. The van der Waals surface area contributed by atoms with Crippen LogP contribution in [0.15, 0.2) is 12.1 Å². The first-order valence-electron chi connectivity index (χ1n) is 6.04. The summed E-state index contributed by atoms with van der Waals surface area (Å²) in [6, 6.07) is 3.69. The Kier molecular flexibility index (Phi) is 4.66. The molecule has 0 aliphatic carbocycles. The lowest BCUT2D eigenvalue weighted by Crippen LogP contribution is -2.36. The van der Waals surface area contributed by atoms with Crippen molar-refractivity contribution in [3.63, 3.8) is 0 Å². The van der Waals surface area contributed by atoms with E-state index >= 15 is 0 Å². The summed E-state index contributed by atoms with van der Waals surface area (Å²) >= 11 is 0. The quantitative estimate of drug-likeness (QED) is 0.828. The smallest absolute Gasteiger partial charge is 0.129 e. The average molecular weight is 239 g/mol. The number of aryl methyl sites for hydroxylation is 2. The summed E-state index contributed by atoms with van der Waals surface area (Å²) in [6.07, 6.45) is 0.710. The molecule has 1 unspecified atom stereocenters. The minimum Gasteiger partial charge on any atom is -0.389 e. The number of halogens is 1. The van der Waals surface area contributed by atoms with Crippen molar-refractivity contribution >= 4 is 0 Å². The van der Waals surface area contributed by atoms with Crippen molar-refractivity contribution in [2.45, 2.75) is 46.3 Å². The molecule has 0 aromatic heterocycles. The lowest BCUT2D eigenvalue weighted by Gasteiger charge is -2.21. The summed E-state index contributed by atoms with van der Waals surface area (Å²) in [5, 5.41) is 13.0. The van der Waals surface area contributed by atoms with E-state index in [1.165, 1.54) is 0 Å². The fourth-order valence-corrected chi connectivity index (χ4v) is 1.74. The predicted octanol–water partition coefficient (Wildman–Crippen LogP) is 2.69. The zero-order valence-electron chi connectivity index (χ0n) is 11.1. The third-order valence-corrected chi connectivity index (χ3v) is 3.09. The minimum absolute atomic E-state index is 0.130. The van der Waals surface area contributed by atoms with E-state index < -0.39 is 5.60 Å². The summed E-state index contributed by atoms with van der Waals surface area (Å²) < 4.78 is 13.4. The molecule has 0 heterocycles. The molecule has 96 valence electrons. The Hall–Kier alpha value is -0.930. The molecule has 1 atom stereocenters. The van der Waals surface area contributed by atoms with Gasteiger partial charge in [-0.05, 0) is 43.9 Å². The molecular formula is C14H22FNO. The fourth-order valence-electron chi connectivity index (χ4n) is 1.74. The highest BCUT2D eigenvalue weighted by molar-refractivity contribution is 5.30. The largest absolute Gasteiger partial charge is 0.389 e. The van der Waals surface area contributed by atoms with Crippen molar-refractivity contribution in [1.82, 2.24) is 5.32 Å². The van der Waals surface area contributed by atoms with E-state index in [0.29, 0.717) is 30.6 Å². The van der Waals surface area contributed by atoms with E-state index in [9.17, 15) is 9.50 Å². The van der Waals surface area contributed by atoms with Crippen molar-refractivity contribution in [3.05, 3.63) is 34.6 Å². The molecule has 1 aromatic carbocycles. The van der Waals surface area contributed by atoms with Crippen LogP contribution in [0.4, 0.5) is 4.39 Å². The average Bonchev–Trinajstić information content (AvgIpc) is 2.25. The van der Waals surface area contributed by atoms with Crippen LogP contribution in [0.2, 0.25) is 0 Å². The Bertz CT molecular complexity index is 365. The molecule has 17 heavy (non-hydrogen) atoms. The minimum atomic E-state index is -0.676. The normalized spacial score (nSPS) is 14.7. The van der Waals surface area contributed by atoms with Crippen molar-refractivity contribution in [2.24, 2.45) is 0 Å². The van der Waals surface area contributed by atoms with Gasteiger partial charge in [-0.3, -0.25) is 0 Å². The third kappa shape index (κ3) is 4.10. The summed E-state index contributed by atoms with van der Waals surface area (Å²) in [5.74, 6) is -0.130. The second-order valence-electron chi connectivity index (χ2n) is 5.00. The van der Waals surface area contributed by atoms with Gasteiger partial charge in [0.05, 0.1) is 5.60 Å². The van der Waals surface area contributed by atoms with Gasteiger partial charge in [-0.1, -0.05) is 19.1 Å². The van der Waals surface area contributed by atoms with Gasteiger partial charge in [0.1, 0.15) is 5.82 Å². The lowest BCUT2D eigenvalue weighted by atomic mass is 10.0. The molecule has 0 spiro atoms. The van der Waals surface area contributed by atoms with Crippen LogP contribution in [0, 0.1) is 19.7 Å². The highest BCUT2D eigenvalue weighted by Gasteiger charge is 2.16. The number of rotatable bonds is 5. The standard InChI is InChI=1S/C14H22FNO/c1-5-14(4,17)9-16-8-12-6-10(2)13(15)11(3)7-12/h6-7,16-17H,5,8-9H2,1-4H3. The number of benzene rings is 1. The number of aliphatic hydroxyl groups is 1. The van der Waals surface area contributed by atoms with Gasteiger partial charge >= 0.3 is 0 Å². The van der Waals surface area contributed by atoms with Gasteiger partial charge in [0.2, 0.25) is 0 Å². The molecule has 1 aromatic rings. The summed E-state index contributed by atoms with van der Waals surface area (Å²) in [6.45, 7) is 8.49. The Morgan fingerprint density at radius 2 is 1.82 bits per heavy atom. The number of hydrogen-bond donors (Lipinski definition) is 2. The van der Waals surface area contributed by atoms with Crippen molar-refractivity contribution in [1.29, 1.82) is 0 Å². The first kappa shape index (κ1) is 14.1. The summed E-state index contributed by atoms with van der Waals surface area (Å²) in [5.41, 5.74) is 1.71. The molecule has 0 bridgehead atoms.